The van der Waals surface area contributed by atoms with Crippen molar-refractivity contribution >= 4 is 17.3 Å². The van der Waals surface area contributed by atoms with Gasteiger partial charge in [-0.1, -0.05) is 6.92 Å². The number of amides is 1. The molecule has 1 amide bonds. The number of nitrogens with one attached hydrogen (secondary N) is 1. The highest BCUT2D eigenvalue weighted by atomic mass is 16.6. The van der Waals surface area contributed by atoms with Crippen molar-refractivity contribution in [1.82, 2.24) is 4.90 Å². The largest absolute Gasteiger partial charge is 0.388 e. The van der Waals surface area contributed by atoms with E-state index in [4.69, 9.17) is 0 Å². The van der Waals surface area contributed by atoms with Gasteiger partial charge in [0.15, 0.2) is 0 Å². The van der Waals surface area contributed by atoms with Crippen LogP contribution >= 0.6 is 0 Å². The molecule has 0 saturated heterocycles. The minimum absolute atomic E-state index is 0.103. The van der Waals surface area contributed by atoms with Gasteiger partial charge < -0.3 is 10.2 Å². The third-order valence-electron chi connectivity index (χ3n) is 3.79. The van der Waals surface area contributed by atoms with Crippen LogP contribution in [0, 0.1) is 10.1 Å². The topological polar surface area (TPSA) is 75.5 Å². The summed E-state index contributed by atoms with van der Waals surface area (Å²) in [6.07, 6.45) is 0.759. The molecule has 1 N–H and O–H groups in total. The number of nitro benzene ring substituents is 1. The van der Waals surface area contributed by atoms with Crippen LogP contribution in [-0.2, 0) is 0 Å². The summed E-state index contributed by atoms with van der Waals surface area (Å²) in [5, 5.41) is 14.0. The molecular formula is C14H21N3O3. The normalized spacial score (nSPS) is 11.1. The van der Waals surface area contributed by atoms with E-state index in [0.29, 0.717) is 5.69 Å². The molecule has 6 nitrogen and oxygen atoms in total. The molecule has 20 heavy (non-hydrogen) atoms. The van der Waals surface area contributed by atoms with Crippen molar-refractivity contribution in [2.24, 2.45) is 0 Å². The molecule has 0 aliphatic carbocycles. The van der Waals surface area contributed by atoms with E-state index in [1.54, 1.807) is 25.1 Å². The molecule has 110 valence electrons. The van der Waals surface area contributed by atoms with Gasteiger partial charge in [-0.25, -0.2) is 0 Å². The molecule has 0 saturated carbocycles. The maximum absolute atomic E-state index is 12.5. The van der Waals surface area contributed by atoms with Crippen molar-refractivity contribution in [3.63, 3.8) is 0 Å². The number of hydrogen-bond acceptors (Lipinski definition) is 4. The lowest BCUT2D eigenvalue weighted by Gasteiger charge is -2.34. The standard InChI is InChI=1S/C14H21N3O3/c1-6-14(2,3)16(5)13(18)11-9-10(15-4)7-8-12(11)17(19)20/h7-9,15H,6H2,1-5H3. The van der Waals surface area contributed by atoms with Gasteiger partial charge in [0.1, 0.15) is 5.56 Å². The van der Waals surface area contributed by atoms with Gasteiger partial charge in [0.2, 0.25) is 0 Å². The van der Waals surface area contributed by atoms with Crippen molar-refractivity contribution in [1.29, 1.82) is 0 Å². The fourth-order valence-corrected chi connectivity index (χ4v) is 1.71. The predicted octanol–water partition coefficient (Wildman–Crippen LogP) is 2.90. The predicted molar refractivity (Wildman–Crippen MR) is 79.1 cm³/mol. The zero-order chi connectivity index (χ0) is 15.5. The van der Waals surface area contributed by atoms with Crippen LogP contribution in [0.3, 0.4) is 0 Å². The van der Waals surface area contributed by atoms with Crippen LogP contribution in [0.1, 0.15) is 37.6 Å². The molecule has 0 aliphatic rings. The van der Waals surface area contributed by atoms with E-state index in [1.807, 2.05) is 20.8 Å². The van der Waals surface area contributed by atoms with Crippen LogP contribution in [0.15, 0.2) is 18.2 Å². The van der Waals surface area contributed by atoms with Crippen molar-refractivity contribution in [3.05, 3.63) is 33.9 Å². The van der Waals surface area contributed by atoms with E-state index in [0.717, 1.165) is 6.42 Å². The Morgan fingerprint density at radius 1 is 1.45 bits per heavy atom. The highest BCUT2D eigenvalue weighted by Crippen LogP contribution is 2.27. The fraction of sp³-hybridized carbons (Fsp3) is 0.500. The first-order valence-electron chi connectivity index (χ1n) is 6.49. The molecule has 0 heterocycles. The number of carbonyl (C=O) groups is 1. The first-order valence-corrected chi connectivity index (χ1v) is 6.49. The summed E-state index contributed by atoms with van der Waals surface area (Å²) >= 11 is 0. The lowest BCUT2D eigenvalue weighted by Crippen LogP contribution is -2.44. The summed E-state index contributed by atoms with van der Waals surface area (Å²) < 4.78 is 0. The van der Waals surface area contributed by atoms with Gasteiger partial charge in [0.25, 0.3) is 11.6 Å². The molecule has 0 fully saturated rings. The molecule has 0 spiro atoms. The summed E-state index contributed by atoms with van der Waals surface area (Å²) in [6.45, 7) is 5.83. The lowest BCUT2D eigenvalue weighted by atomic mass is 9.98. The number of benzene rings is 1. The SMILES string of the molecule is CCC(C)(C)N(C)C(=O)c1cc(NC)ccc1[N+](=O)[O-]. The maximum Gasteiger partial charge on any atom is 0.282 e. The van der Waals surface area contributed by atoms with Gasteiger partial charge >= 0.3 is 0 Å². The van der Waals surface area contributed by atoms with Crippen LogP contribution < -0.4 is 5.32 Å². The van der Waals surface area contributed by atoms with Crippen LogP contribution in [-0.4, -0.2) is 35.4 Å². The number of nitrogens with zero attached hydrogens (tertiary/aromatic N) is 2. The molecule has 6 heteroatoms. The molecule has 0 atom stereocenters. The number of anilines is 1. The first-order chi connectivity index (χ1) is 9.24. The molecule has 0 bridgehead atoms. The smallest absolute Gasteiger partial charge is 0.282 e. The van der Waals surface area contributed by atoms with Crippen molar-refractivity contribution in [2.45, 2.75) is 32.7 Å². The van der Waals surface area contributed by atoms with Gasteiger partial charge in [-0.3, -0.25) is 14.9 Å². The summed E-state index contributed by atoms with van der Waals surface area (Å²) in [5.41, 5.74) is 0.237. The fourth-order valence-electron chi connectivity index (χ4n) is 1.71. The Morgan fingerprint density at radius 2 is 2.05 bits per heavy atom. The van der Waals surface area contributed by atoms with Crippen molar-refractivity contribution in [2.75, 3.05) is 19.4 Å². The minimum atomic E-state index is -0.528. The highest BCUT2D eigenvalue weighted by molar-refractivity contribution is 5.99. The van der Waals surface area contributed by atoms with E-state index >= 15 is 0 Å². The van der Waals surface area contributed by atoms with Gasteiger partial charge in [-0.15, -0.1) is 0 Å². The number of rotatable bonds is 5. The quantitative estimate of drug-likeness (QED) is 0.664. The van der Waals surface area contributed by atoms with E-state index in [1.165, 1.54) is 12.1 Å². The second-order valence-electron chi connectivity index (χ2n) is 5.27. The zero-order valence-corrected chi connectivity index (χ0v) is 12.6. The molecule has 0 aromatic heterocycles. The molecule has 1 aromatic rings. The lowest BCUT2D eigenvalue weighted by molar-refractivity contribution is -0.385. The molecule has 1 aromatic carbocycles. The second-order valence-corrected chi connectivity index (χ2v) is 5.27. The van der Waals surface area contributed by atoms with Gasteiger partial charge in [-0.05, 0) is 32.4 Å². The van der Waals surface area contributed by atoms with Crippen molar-refractivity contribution in [3.8, 4) is 0 Å². The Labute approximate surface area is 118 Å². The minimum Gasteiger partial charge on any atom is -0.388 e. The van der Waals surface area contributed by atoms with Crippen LogP contribution in [0.5, 0.6) is 0 Å². The monoisotopic (exact) mass is 279 g/mol. The van der Waals surface area contributed by atoms with Gasteiger partial charge in [-0.2, -0.15) is 0 Å². The second kappa shape index (κ2) is 5.90. The maximum atomic E-state index is 12.5. The number of carbonyl (C=O) groups excluding carboxylic acids is 1. The average Bonchev–Trinajstić information content (AvgIpc) is 2.44. The van der Waals surface area contributed by atoms with Gasteiger partial charge in [0.05, 0.1) is 4.92 Å². The van der Waals surface area contributed by atoms with E-state index < -0.39 is 4.92 Å². The molecule has 0 radical (unpaired) electrons. The van der Waals surface area contributed by atoms with Crippen LogP contribution in [0.4, 0.5) is 11.4 Å². The van der Waals surface area contributed by atoms with Gasteiger partial charge in [0, 0.05) is 31.4 Å². The van der Waals surface area contributed by atoms with Crippen LogP contribution in [0.25, 0.3) is 0 Å². The number of nitro groups is 1. The van der Waals surface area contributed by atoms with Crippen LogP contribution in [0.2, 0.25) is 0 Å². The Morgan fingerprint density at radius 3 is 2.50 bits per heavy atom. The summed E-state index contributed by atoms with van der Waals surface area (Å²) in [6, 6.07) is 4.45. The average molecular weight is 279 g/mol. The molecule has 1 rings (SSSR count). The first kappa shape index (κ1) is 15.9. The summed E-state index contributed by atoms with van der Waals surface area (Å²) in [5.74, 6) is -0.347. The zero-order valence-electron chi connectivity index (χ0n) is 12.6. The highest BCUT2D eigenvalue weighted by Gasteiger charge is 2.30. The Kier molecular flexibility index (Phi) is 4.70. The third-order valence-corrected chi connectivity index (χ3v) is 3.79. The van der Waals surface area contributed by atoms with E-state index in [2.05, 4.69) is 5.32 Å². The van der Waals surface area contributed by atoms with E-state index in [9.17, 15) is 14.9 Å². The van der Waals surface area contributed by atoms with E-state index in [-0.39, 0.29) is 22.7 Å². The third kappa shape index (κ3) is 3.07. The number of hydrogen-bond donors (Lipinski definition) is 1. The molecule has 0 unspecified atom stereocenters. The Bertz CT molecular complexity index is 526. The Hall–Kier alpha value is -2.11. The van der Waals surface area contributed by atoms with Crippen molar-refractivity contribution < 1.29 is 9.72 Å². The summed E-state index contributed by atoms with van der Waals surface area (Å²) in [4.78, 5) is 24.6. The Balaban J connectivity index is 3.29. The molecule has 0 aliphatic heterocycles. The summed E-state index contributed by atoms with van der Waals surface area (Å²) in [7, 11) is 3.37. The molecular weight excluding hydrogens is 258 g/mol.